The molecule has 1 aliphatic carbocycles. The first-order valence-electron chi connectivity index (χ1n) is 17.3. The Morgan fingerprint density at radius 1 is 0.759 bits per heavy atom. The molecule has 266 valence electrons. The Bertz CT molecular complexity index is 2740. The number of nitrogens with zero attached hydrogens (tertiary/aromatic N) is 2. The van der Waals surface area contributed by atoms with E-state index in [-0.39, 0.29) is 42.1 Å². The van der Waals surface area contributed by atoms with Crippen LogP contribution in [0.5, 0.6) is 5.75 Å². The molecule has 3 heterocycles. The molecule has 8 rings (SSSR count). The second-order valence-electron chi connectivity index (χ2n) is 13.0. The van der Waals surface area contributed by atoms with Gasteiger partial charge in [-0.05, 0) is 60.2 Å². The number of anilines is 2. The van der Waals surface area contributed by atoms with Crippen LogP contribution in [0.3, 0.4) is 0 Å². The van der Waals surface area contributed by atoms with E-state index in [1.165, 1.54) is 0 Å². The summed E-state index contributed by atoms with van der Waals surface area (Å²) in [7, 11) is 0. The number of Topliss-reactive ketones (excluding diaryl/α,β-unsaturated/α-hetero) is 1. The zero-order valence-electron chi connectivity index (χ0n) is 29.4. The molecule has 3 N–H and O–H groups in total. The van der Waals surface area contributed by atoms with Crippen LogP contribution in [0.2, 0.25) is 0 Å². The Morgan fingerprint density at radius 2 is 1.35 bits per heavy atom. The van der Waals surface area contributed by atoms with E-state index in [1.807, 2.05) is 105 Å². The topological polar surface area (TPSA) is 151 Å². The van der Waals surface area contributed by atoms with E-state index in [1.54, 1.807) is 30.6 Å². The molecule has 6 aromatic rings. The highest BCUT2D eigenvalue weighted by Gasteiger charge is 2.25. The van der Waals surface area contributed by atoms with Crippen LogP contribution in [0, 0.1) is 5.92 Å². The van der Waals surface area contributed by atoms with Crippen LogP contribution in [0.15, 0.2) is 131 Å². The van der Waals surface area contributed by atoms with Crippen molar-refractivity contribution in [2.45, 2.75) is 26.9 Å². The number of ketones is 1. The lowest BCUT2D eigenvalue weighted by atomic mass is 9.89. The molecule has 0 saturated heterocycles. The van der Waals surface area contributed by atoms with Crippen LogP contribution in [0.1, 0.15) is 35.3 Å². The number of hydrogen-bond acceptors (Lipinski definition) is 10. The third-order valence-corrected chi connectivity index (χ3v) is 9.33. The fraction of sp³-hybridized carbons (Fsp3) is 0.114. The summed E-state index contributed by atoms with van der Waals surface area (Å²) in [6.07, 6.45) is 3.74. The predicted octanol–water partition coefficient (Wildman–Crippen LogP) is 8.85. The minimum Gasteiger partial charge on any atom is -0.507 e. The van der Waals surface area contributed by atoms with Crippen molar-refractivity contribution in [3.05, 3.63) is 149 Å². The molecule has 54 heavy (non-hydrogen) atoms. The van der Waals surface area contributed by atoms with E-state index in [4.69, 9.17) is 14.0 Å². The monoisotopic (exact) mass is 714 g/mol. The van der Waals surface area contributed by atoms with Crippen molar-refractivity contribution in [2.75, 3.05) is 10.6 Å². The van der Waals surface area contributed by atoms with Gasteiger partial charge in [-0.3, -0.25) is 19.6 Å². The lowest BCUT2D eigenvalue weighted by Crippen LogP contribution is -2.15. The fourth-order valence-electron chi connectivity index (χ4n) is 6.77. The van der Waals surface area contributed by atoms with Crippen molar-refractivity contribution >= 4 is 56.1 Å². The zero-order chi connectivity index (χ0) is 37.8. The van der Waals surface area contributed by atoms with Crippen molar-refractivity contribution in [1.29, 1.82) is 0 Å². The van der Waals surface area contributed by atoms with Gasteiger partial charge >= 0.3 is 6.15 Å². The van der Waals surface area contributed by atoms with Gasteiger partial charge in [-0.15, -0.1) is 0 Å². The summed E-state index contributed by atoms with van der Waals surface area (Å²) < 4.78 is 6.76. The van der Waals surface area contributed by atoms with Gasteiger partial charge in [-0.25, -0.2) is 0 Å². The first-order chi connectivity index (χ1) is 26.3. The maximum atomic E-state index is 13.7. The highest BCUT2D eigenvalue weighted by atomic mass is 16.3. The van der Waals surface area contributed by atoms with E-state index in [0.717, 1.165) is 49.7 Å². The Labute approximate surface area is 309 Å². The standard InChI is InChI=1S/C43H34N4O4.CO2/c1-25(2)41(50)29-11-3-10-28(22-29)38-30-16-18-36(48)32(23-46-34-14-4-8-26-12-6-20-44-39(26)34)42(30)51-43-31(38)17-19-37(49)33(43)24-47-35-15-5-9-27-13-7-21-45-40(27)35;2-1-3/h3-22,25,46-48H,23-24H2,1-2H3;. The van der Waals surface area contributed by atoms with Crippen molar-refractivity contribution in [2.24, 2.45) is 5.92 Å². The number of aromatic nitrogens is 2. The van der Waals surface area contributed by atoms with Crippen molar-refractivity contribution in [3.63, 3.8) is 0 Å². The smallest absolute Gasteiger partial charge is 0.373 e. The molecule has 0 radical (unpaired) electrons. The molecule has 0 atom stereocenters. The molecular formula is C44H34N4O6. The molecule has 10 heteroatoms. The Balaban J connectivity index is 0.00000145. The minimum absolute atomic E-state index is 0.0349. The van der Waals surface area contributed by atoms with Crippen molar-refractivity contribution < 1.29 is 23.9 Å². The first-order valence-corrected chi connectivity index (χ1v) is 17.3. The van der Waals surface area contributed by atoms with Gasteiger partial charge in [0.05, 0.1) is 33.5 Å². The number of fused-ring (bicyclic) bond motifs is 4. The van der Waals surface area contributed by atoms with E-state index in [0.29, 0.717) is 33.6 Å². The van der Waals surface area contributed by atoms with E-state index < -0.39 is 0 Å². The molecule has 1 aliphatic heterocycles. The lowest BCUT2D eigenvalue weighted by molar-refractivity contribution is -0.191. The van der Waals surface area contributed by atoms with Crippen LogP contribution in [0.25, 0.3) is 55.2 Å². The molecule has 4 aromatic carbocycles. The van der Waals surface area contributed by atoms with Crippen molar-refractivity contribution in [3.8, 4) is 28.2 Å². The summed E-state index contributed by atoms with van der Waals surface area (Å²) in [4.78, 5) is 52.2. The number of hydrogen-bond donors (Lipinski definition) is 3. The third kappa shape index (κ3) is 6.77. The number of para-hydroxylation sites is 2. The van der Waals surface area contributed by atoms with E-state index in [9.17, 15) is 14.7 Å². The van der Waals surface area contributed by atoms with Crippen LogP contribution in [0.4, 0.5) is 11.4 Å². The zero-order valence-corrected chi connectivity index (χ0v) is 29.4. The number of aromatic hydroxyl groups is 1. The van der Waals surface area contributed by atoms with Gasteiger partial charge in [0.15, 0.2) is 11.2 Å². The maximum Gasteiger partial charge on any atom is 0.373 e. The highest BCUT2D eigenvalue weighted by molar-refractivity contribution is 6.06. The third-order valence-electron chi connectivity index (χ3n) is 9.33. The molecule has 2 aromatic heterocycles. The number of carbonyl (C=O) groups is 1. The molecule has 0 spiro atoms. The molecule has 0 fully saturated rings. The Kier molecular flexibility index (Phi) is 9.93. The van der Waals surface area contributed by atoms with Gasteiger partial charge in [-0.2, -0.15) is 9.59 Å². The largest absolute Gasteiger partial charge is 0.507 e. The molecule has 2 aliphatic rings. The molecule has 0 saturated carbocycles. The van der Waals surface area contributed by atoms with Gasteiger partial charge in [0.2, 0.25) is 0 Å². The highest BCUT2D eigenvalue weighted by Crippen LogP contribution is 2.44. The number of nitrogens with one attached hydrogen (secondary N) is 2. The second kappa shape index (κ2) is 15.2. The summed E-state index contributed by atoms with van der Waals surface area (Å²) in [6, 6.07) is 33.9. The average Bonchev–Trinajstić information content (AvgIpc) is 3.19. The number of rotatable bonds is 9. The number of carbonyl (C=O) groups excluding carboxylic acids is 3. The first kappa shape index (κ1) is 35.3. The maximum absolute atomic E-state index is 13.7. The summed E-state index contributed by atoms with van der Waals surface area (Å²) in [6.45, 7) is 4.15. The summed E-state index contributed by atoms with van der Waals surface area (Å²) in [5.74, 6) is 0.292. The number of benzene rings is 5. The van der Waals surface area contributed by atoms with Gasteiger partial charge in [0.1, 0.15) is 17.1 Å². The predicted molar refractivity (Wildman–Crippen MR) is 209 cm³/mol. The number of pyridine rings is 2. The van der Waals surface area contributed by atoms with Crippen LogP contribution >= 0.6 is 0 Å². The van der Waals surface area contributed by atoms with Gasteiger partial charge < -0.3 is 20.2 Å². The van der Waals surface area contributed by atoms with Crippen LogP contribution < -0.4 is 16.1 Å². The molecule has 0 amide bonds. The van der Waals surface area contributed by atoms with Gasteiger partial charge in [0, 0.05) is 64.3 Å². The Hall–Kier alpha value is -7.16. The van der Waals surface area contributed by atoms with Gasteiger partial charge in [0.25, 0.3) is 0 Å². The molecule has 0 unspecified atom stereocenters. The Morgan fingerprint density at radius 3 is 1.98 bits per heavy atom. The van der Waals surface area contributed by atoms with E-state index in [2.05, 4.69) is 20.6 Å². The quantitative estimate of drug-likeness (QED) is 0.0977. The van der Waals surface area contributed by atoms with Gasteiger partial charge in [-0.1, -0.05) is 68.4 Å². The SMILES string of the molecule is CC(C)C(=O)c1cccc(-c2c3ccc(=O)c(CNc4cccc5cccnc45)c-3oc3c(CNc4cccc5cccnc45)c(O)ccc23)c1.O=C=O. The minimum atomic E-state index is -0.192. The summed E-state index contributed by atoms with van der Waals surface area (Å²) in [5, 5.41) is 20.9. The van der Waals surface area contributed by atoms with E-state index >= 15 is 0 Å². The fourth-order valence-corrected chi connectivity index (χ4v) is 6.77. The second-order valence-corrected chi connectivity index (χ2v) is 13.0. The lowest BCUT2D eigenvalue weighted by Gasteiger charge is -2.21. The van der Waals surface area contributed by atoms with Crippen LogP contribution in [-0.4, -0.2) is 27.0 Å². The molecular weight excluding hydrogens is 681 g/mol. The molecule has 0 bridgehead atoms. The normalized spacial score (nSPS) is 11.0. The number of phenols is 1. The van der Waals surface area contributed by atoms with Crippen LogP contribution in [-0.2, 0) is 22.7 Å². The summed E-state index contributed by atoms with van der Waals surface area (Å²) >= 11 is 0. The average molecular weight is 715 g/mol. The molecule has 10 nitrogen and oxygen atoms in total. The number of phenolic OH excluding ortho intramolecular Hbond substituents is 1. The summed E-state index contributed by atoms with van der Waals surface area (Å²) in [5.41, 5.74) is 7.29. The van der Waals surface area contributed by atoms with Crippen molar-refractivity contribution in [1.82, 2.24) is 9.97 Å².